The van der Waals surface area contributed by atoms with Crippen molar-refractivity contribution >= 4 is 26.7 Å². The molecule has 0 saturated carbocycles. The van der Waals surface area contributed by atoms with Gasteiger partial charge in [0.15, 0.2) is 5.13 Å². The molecule has 1 aliphatic rings. The van der Waals surface area contributed by atoms with E-state index in [1.54, 1.807) is 17.5 Å². The predicted molar refractivity (Wildman–Crippen MR) is 97.5 cm³/mol. The third kappa shape index (κ3) is 2.70. The lowest BCUT2D eigenvalue weighted by molar-refractivity contribution is 0.0875. The van der Waals surface area contributed by atoms with Crippen LogP contribution in [0.25, 0.3) is 10.2 Å². The molecule has 2 aromatic heterocycles. The molecule has 1 N–H and O–H groups in total. The van der Waals surface area contributed by atoms with E-state index in [1.807, 2.05) is 17.8 Å². The van der Waals surface area contributed by atoms with Gasteiger partial charge in [0, 0.05) is 38.4 Å². The molecular formula is C18H22N4OS. The summed E-state index contributed by atoms with van der Waals surface area (Å²) in [5.41, 5.74) is 2.35. The summed E-state index contributed by atoms with van der Waals surface area (Å²) >= 11 is 1.76. The van der Waals surface area contributed by atoms with Crippen LogP contribution >= 0.6 is 11.3 Å². The van der Waals surface area contributed by atoms with Crippen LogP contribution in [0.4, 0.5) is 5.13 Å². The Bertz CT molecular complexity index is 856. The van der Waals surface area contributed by atoms with E-state index >= 15 is 0 Å². The number of benzene rings is 1. The van der Waals surface area contributed by atoms with Gasteiger partial charge in [-0.1, -0.05) is 23.5 Å². The normalized spacial score (nSPS) is 19.8. The molecule has 0 amide bonds. The highest BCUT2D eigenvalue weighted by Gasteiger charge is 2.30. The zero-order valence-electron chi connectivity index (χ0n) is 14.0. The number of aliphatic hydroxyl groups excluding tert-OH is 1. The van der Waals surface area contributed by atoms with Gasteiger partial charge in [-0.25, -0.2) is 9.97 Å². The predicted octanol–water partition coefficient (Wildman–Crippen LogP) is 3.29. The van der Waals surface area contributed by atoms with Gasteiger partial charge >= 0.3 is 0 Å². The van der Waals surface area contributed by atoms with E-state index in [-0.39, 0.29) is 5.92 Å². The van der Waals surface area contributed by atoms with Gasteiger partial charge in [0.25, 0.3) is 0 Å². The summed E-state index contributed by atoms with van der Waals surface area (Å²) in [5, 5.41) is 11.8. The first-order valence-corrected chi connectivity index (χ1v) is 9.21. The summed E-state index contributed by atoms with van der Waals surface area (Å²) in [6, 6.07) is 6.27. The van der Waals surface area contributed by atoms with Crippen molar-refractivity contribution in [2.75, 3.05) is 18.0 Å². The highest BCUT2D eigenvalue weighted by molar-refractivity contribution is 7.22. The molecule has 0 bridgehead atoms. The third-order valence-corrected chi connectivity index (χ3v) is 6.17. The van der Waals surface area contributed by atoms with Crippen molar-refractivity contribution in [3.63, 3.8) is 0 Å². The summed E-state index contributed by atoms with van der Waals surface area (Å²) in [7, 11) is 1.93. The lowest BCUT2D eigenvalue weighted by Gasteiger charge is -2.34. The molecule has 1 aromatic carbocycles. The molecule has 0 unspecified atom stereocenters. The fraction of sp³-hybridized carbons (Fsp3) is 0.444. The van der Waals surface area contributed by atoms with E-state index < -0.39 is 6.10 Å². The molecule has 1 fully saturated rings. The van der Waals surface area contributed by atoms with Gasteiger partial charge in [0.05, 0.1) is 10.2 Å². The molecule has 4 rings (SSSR count). The first kappa shape index (κ1) is 15.6. The monoisotopic (exact) mass is 342 g/mol. The number of nitrogens with zero attached hydrogens (tertiary/aromatic N) is 4. The Kier molecular flexibility index (Phi) is 4.02. The number of fused-ring (bicyclic) bond motifs is 1. The Balaban J connectivity index is 1.58. The molecule has 0 spiro atoms. The molecule has 2 atom stereocenters. The maximum absolute atomic E-state index is 10.7. The van der Waals surface area contributed by atoms with E-state index in [0.29, 0.717) is 0 Å². The zero-order valence-corrected chi connectivity index (χ0v) is 14.8. The average molecular weight is 342 g/mol. The number of hydrogen-bond acceptors (Lipinski definition) is 5. The molecule has 1 saturated heterocycles. The largest absolute Gasteiger partial charge is 0.385 e. The van der Waals surface area contributed by atoms with Gasteiger partial charge in [0.1, 0.15) is 11.9 Å². The number of aromatic nitrogens is 3. The van der Waals surface area contributed by atoms with Crippen LogP contribution in [0, 0.1) is 12.8 Å². The topological polar surface area (TPSA) is 54.2 Å². The molecule has 5 nitrogen and oxygen atoms in total. The van der Waals surface area contributed by atoms with Crippen molar-refractivity contribution in [2.24, 2.45) is 13.0 Å². The fourth-order valence-corrected chi connectivity index (χ4v) is 4.59. The van der Waals surface area contributed by atoms with E-state index in [4.69, 9.17) is 4.98 Å². The molecule has 0 aliphatic carbocycles. The minimum absolute atomic E-state index is 0.188. The van der Waals surface area contributed by atoms with E-state index in [2.05, 4.69) is 35.0 Å². The summed E-state index contributed by atoms with van der Waals surface area (Å²) in [5.74, 6) is 0.940. The Morgan fingerprint density at radius 2 is 2.25 bits per heavy atom. The van der Waals surface area contributed by atoms with Crippen molar-refractivity contribution in [1.29, 1.82) is 0 Å². The highest BCUT2D eigenvalue weighted by atomic mass is 32.1. The van der Waals surface area contributed by atoms with Crippen LogP contribution in [0.5, 0.6) is 0 Å². The highest BCUT2D eigenvalue weighted by Crippen LogP contribution is 2.35. The van der Waals surface area contributed by atoms with Gasteiger partial charge in [-0.05, 0) is 31.4 Å². The van der Waals surface area contributed by atoms with Gasteiger partial charge in [-0.3, -0.25) is 0 Å². The quantitative estimate of drug-likeness (QED) is 0.793. The molecule has 126 valence electrons. The second-order valence-corrected chi connectivity index (χ2v) is 7.59. The third-order valence-electron chi connectivity index (χ3n) is 4.90. The molecular weight excluding hydrogens is 320 g/mol. The van der Waals surface area contributed by atoms with E-state index in [9.17, 15) is 5.11 Å². The van der Waals surface area contributed by atoms with Crippen LogP contribution in [0.1, 0.15) is 30.3 Å². The minimum Gasteiger partial charge on any atom is -0.385 e. The SMILES string of the molecule is Cc1cccc2nc(N3CCC[C@@H]([C@@H](O)c4nccn4C)C3)sc12. The molecule has 3 heterocycles. The smallest absolute Gasteiger partial charge is 0.186 e. The van der Waals surface area contributed by atoms with Gasteiger partial charge in [-0.15, -0.1) is 0 Å². The second kappa shape index (κ2) is 6.18. The van der Waals surface area contributed by atoms with Crippen LogP contribution in [-0.4, -0.2) is 32.7 Å². The lowest BCUT2D eigenvalue weighted by Crippen LogP contribution is -2.38. The number of hydrogen-bond donors (Lipinski definition) is 1. The second-order valence-electron chi connectivity index (χ2n) is 6.61. The number of rotatable bonds is 3. The molecule has 3 aromatic rings. The minimum atomic E-state index is -0.524. The van der Waals surface area contributed by atoms with Crippen molar-refractivity contribution in [3.8, 4) is 0 Å². The first-order valence-electron chi connectivity index (χ1n) is 8.40. The summed E-state index contributed by atoms with van der Waals surface area (Å²) < 4.78 is 3.17. The van der Waals surface area contributed by atoms with Crippen LogP contribution in [0.15, 0.2) is 30.6 Å². The van der Waals surface area contributed by atoms with Crippen molar-refractivity contribution in [3.05, 3.63) is 42.0 Å². The number of anilines is 1. The van der Waals surface area contributed by atoms with Crippen molar-refractivity contribution in [2.45, 2.75) is 25.9 Å². The summed E-state index contributed by atoms with van der Waals surface area (Å²) in [6.45, 7) is 3.96. The first-order chi connectivity index (χ1) is 11.6. The average Bonchev–Trinajstić information content (AvgIpc) is 3.21. The van der Waals surface area contributed by atoms with Gasteiger partial charge in [-0.2, -0.15) is 0 Å². The van der Waals surface area contributed by atoms with Crippen molar-refractivity contribution in [1.82, 2.24) is 14.5 Å². The number of aryl methyl sites for hydroxylation is 2. The fourth-order valence-electron chi connectivity index (χ4n) is 3.52. The Labute approximate surface area is 145 Å². The number of imidazole rings is 1. The van der Waals surface area contributed by atoms with Gasteiger partial charge < -0.3 is 14.6 Å². The lowest BCUT2D eigenvalue weighted by atomic mass is 9.92. The standard InChI is InChI=1S/C18H22N4OS/c1-12-5-3-7-14-16(12)24-18(20-14)22-9-4-6-13(11-22)15(23)17-19-8-10-21(17)2/h3,5,7-8,10,13,15,23H,4,6,9,11H2,1-2H3/t13-,15-/m1/s1. The van der Waals surface area contributed by atoms with E-state index in [0.717, 1.165) is 42.4 Å². The zero-order chi connectivity index (χ0) is 16.7. The van der Waals surface area contributed by atoms with Gasteiger partial charge in [0.2, 0.25) is 0 Å². The molecule has 1 aliphatic heterocycles. The molecule has 6 heteroatoms. The number of piperidine rings is 1. The van der Waals surface area contributed by atoms with E-state index in [1.165, 1.54) is 10.3 Å². The van der Waals surface area contributed by atoms with Crippen LogP contribution in [0.2, 0.25) is 0 Å². The summed E-state index contributed by atoms with van der Waals surface area (Å²) in [6.07, 6.45) is 5.20. The van der Waals surface area contributed by atoms with Crippen molar-refractivity contribution < 1.29 is 5.11 Å². The summed E-state index contributed by atoms with van der Waals surface area (Å²) in [4.78, 5) is 11.5. The van der Waals surface area contributed by atoms with Crippen LogP contribution < -0.4 is 4.90 Å². The number of aliphatic hydroxyl groups is 1. The Hall–Kier alpha value is -1.92. The Morgan fingerprint density at radius 1 is 1.38 bits per heavy atom. The molecule has 24 heavy (non-hydrogen) atoms. The van der Waals surface area contributed by atoms with Crippen LogP contribution in [0.3, 0.4) is 0 Å². The van der Waals surface area contributed by atoms with Crippen LogP contribution in [-0.2, 0) is 7.05 Å². The maximum Gasteiger partial charge on any atom is 0.186 e. The molecule has 0 radical (unpaired) electrons. The Morgan fingerprint density at radius 3 is 3.00 bits per heavy atom. The number of thiazole rings is 1. The maximum atomic E-state index is 10.7.